The number of rotatable bonds is 4. The molecular weight excluding hydrogens is 446 g/mol. The first-order valence-electron chi connectivity index (χ1n) is 14.6. The third-order valence-electron chi connectivity index (χ3n) is 12.2. The maximum absolute atomic E-state index is 13.9. The molecule has 196 valence electrons. The molecule has 0 unspecified atom stereocenters. The van der Waals surface area contributed by atoms with E-state index in [1.54, 1.807) is 0 Å². The third kappa shape index (κ3) is 3.47. The summed E-state index contributed by atoms with van der Waals surface area (Å²) in [6, 6.07) is 4.11. The molecule has 1 aromatic carbocycles. The van der Waals surface area contributed by atoms with Gasteiger partial charge in [-0.2, -0.15) is 0 Å². The summed E-state index contributed by atoms with van der Waals surface area (Å²) in [7, 11) is 0. The molecule has 1 N–H and O–H groups in total. The fourth-order valence-corrected chi connectivity index (χ4v) is 10.2. The molecule has 8 atom stereocenters. The van der Waals surface area contributed by atoms with Crippen LogP contribution in [0.25, 0.3) is 11.0 Å². The highest BCUT2D eigenvalue weighted by molar-refractivity contribution is 5.85. The Morgan fingerprint density at radius 1 is 1.06 bits per heavy atom. The second-order valence-electron chi connectivity index (χ2n) is 13.7. The van der Waals surface area contributed by atoms with E-state index in [1.165, 1.54) is 56.1 Å². The highest BCUT2D eigenvalue weighted by Gasteiger charge is 2.62. The Labute approximate surface area is 216 Å². The summed E-state index contributed by atoms with van der Waals surface area (Å²) in [6.07, 6.45) is 11.6. The summed E-state index contributed by atoms with van der Waals surface area (Å²) in [5, 5.41) is 19.6. The zero-order valence-corrected chi connectivity index (χ0v) is 23.0. The van der Waals surface area contributed by atoms with E-state index >= 15 is 0 Å². The Morgan fingerprint density at radius 2 is 1.86 bits per heavy atom. The average molecular weight is 492 g/mol. The lowest BCUT2D eigenvalue weighted by molar-refractivity contribution is -0.158. The van der Waals surface area contributed by atoms with Crippen molar-refractivity contribution in [3.63, 3.8) is 0 Å². The van der Waals surface area contributed by atoms with Gasteiger partial charge in [0.1, 0.15) is 12.1 Å². The summed E-state index contributed by atoms with van der Waals surface area (Å²) in [5.74, 6) is 3.34. The van der Waals surface area contributed by atoms with E-state index in [1.807, 2.05) is 10.7 Å². The van der Waals surface area contributed by atoms with Gasteiger partial charge in [0, 0.05) is 5.92 Å². The Balaban J connectivity index is 1.24. The predicted octanol–water partition coefficient (Wildman–Crippen LogP) is 6.42. The molecule has 0 saturated heterocycles. The standard InChI is InChI=1S/C31H45N3O2/c1-6-31-16-15-29(4,36)17-21(31)8-9-22-23-10-11-25(30(23,5)14-13-24(22)31)27(35)18-34-28-20(3)19(2)7-12-26(28)32-33-34/h7,12,21-25,36H,6,8-11,13-18H2,1-5H3/t21-,22-,23-,24-,25+,29+,30-,31-/m0/s1. The molecule has 1 aromatic heterocycles. The first-order chi connectivity index (χ1) is 17.1. The number of Topliss-reactive ketones (excluding diaryl/α,β-unsaturated/α-hetero) is 1. The molecule has 0 radical (unpaired) electrons. The number of hydrogen-bond donors (Lipinski definition) is 1. The summed E-state index contributed by atoms with van der Waals surface area (Å²) in [6.45, 7) is 11.5. The minimum Gasteiger partial charge on any atom is -0.390 e. The van der Waals surface area contributed by atoms with Crippen LogP contribution in [0.1, 0.15) is 96.1 Å². The Bertz CT molecular complexity index is 1180. The number of aliphatic hydroxyl groups is 1. The molecule has 36 heavy (non-hydrogen) atoms. The van der Waals surface area contributed by atoms with Crippen LogP contribution in [0, 0.1) is 54.3 Å². The second-order valence-corrected chi connectivity index (χ2v) is 13.7. The number of nitrogens with zero attached hydrogens (tertiary/aromatic N) is 3. The van der Waals surface area contributed by atoms with Gasteiger partial charge >= 0.3 is 0 Å². The van der Waals surface area contributed by atoms with Crippen molar-refractivity contribution < 1.29 is 9.90 Å². The highest BCUT2D eigenvalue weighted by Crippen LogP contribution is 2.69. The largest absolute Gasteiger partial charge is 0.390 e. The van der Waals surface area contributed by atoms with Crippen molar-refractivity contribution in [2.45, 2.75) is 111 Å². The zero-order chi connectivity index (χ0) is 25.5. The van der Waals surface area contributed by atoms with Crippen LogP contribution >= 0.6 is 0 Å². The van der Waals surface area contributed by atoms with Crippen molar-refractivity contribution in [2.75, 3.05) is 0 Å². The molecule has 1 heterocycles. The van der Waals surface area contributed by atoms with Gasteiger partial charge in [-0.05, 0) is 137 Å². The first-order valence-corrected chi connectivity index (χ1v) is 14.6. The normalized spacial score (nSPS) is 42.1. The number of aromatic nitrogens is 3. The summed E-state index contributed by atoms with van der Waals surface area (Å²) in [5.41, 5.74) is 4.33. The van der Waals surface area contributed by atoms with Crippen LogP contribution in [0.5, 0.6) is 0 Å². The van der Waals surface area contributed by atoms with E-state index in [-0.39, 0.29) is 11.3 Å². The minimum atomic E-state index is -0.480. The van der Waals surface area contributed by atoms with E-state index in [0.29, 0.717) is 29.6 Å². The highest BCUT2D eigenvalue weighted by atomic mass is 16.3. The molecule has 0 spiro atoms. The number of aryl methyl sites for hydroxylation is 2. The molecule has 2 aromatic rings. The van der Waals surface area contributed by atoms with Crippen LogP contribution in [0.2, 0.25) is 0 Å². The number of hydrogen-bond acceptors (Lipinski definition) is 4. The van der Waals surface area contributed by atoms with Gasteiger partial charge in [-0.3, -0.25) is 4.79 Å². The van der Waals surface area contributed by atoms with Crippen LogP contribution in [0.3, 0.4) is 0 Å². The van der Waals surface area contributed by atoms with Gasteiger partial charge in [0.15, 0.2) is 5.78 Å². The van der Waals surface area contributed by atoms with Crippen molar-refractivity contribution >= 4 is 16.8 Å². The monoisotopic (exact) mass is 491 g/mol. The van der Waals surface area contributed by atoms with E-state index in [2.05, 4.69) is 51.0 Å². The Kier molecular flexibility index (Phi) is 5.72. The maximum Gasteiger partial charge on any atom is 0.157 e. The molecule has 0 amide bonds. The fraction of sp³-hybridized carbons (Fsp3) is 0.774. The summed E-state index contributed by atoms with van der Waals surface area (Å²) >= 11 is 0. The Hall–Kier alpha value is -1.75. The second kappa shape index (κ2) is 8.38. The predicted molar refractivity (Wildman–Crippen MR) is 142 cm³/mol. The van der Waals surface area contributed by atoms with Crippen LogP contribution < -0.4 is 0 Å². The SMILES string of the molecule is CC[C@]12CC[C@@](C)(O)C[C@@H]1CC[C@H]1[C@@H]3CC[C@H](C(=O)Cn4nnc5ccc(C)c(C)c54)[C@@]3(C)CC[C@@H]12. The summed E-state index contributed by atoms with van der Waals surface area (Å²) in [4.78, 5) is 13.9. The van der Waals surface area contributed by atoms with Gasteiger partial charge in [0.25, 0.3) is 0 Å². The number of ketones is 1. The van der Waals surface area contributed by atoms with Crippen LogP contribution in [-0.4, -0.2) is 31.5 Å². The molecule has 6 rings (SSSR count). The van der Waals surface area contributed by atoms with E-state index in [0.717, 1.165) is 42.1 Å². The van der Waals surface area contributed by atoms with Gasteiger partial charge < -0.3 is 5.11 Å². The maximum atomic E-state index is 13.9. The van der Waals surface area contributed by atoms with Crippen molar-refractivity contribution in [3.8, 4) is 0 Å². The lowest BCUT2D eigenvalue weighted by Crippen LogP contribution is -2.56. The van der Waals surface area contributed by atoms with Crippen LogP contribution in [0.15, 0.2) is 12.1 Å². The molecule has 0 bridgehead atoms. The lowest BCUT2D eigenvalue weighted by Gasteiger charge is -2.63. The minimum absolute atomic E-state index is 0.113. The van der Waals surface area contributed by atoms with Gasteiger partial charge in [-0.15, -0.1) is 5.10 Å². The molecule has 5 nitrogen and oxygen atoms in total. The van der Waals surface area contributed by atoms with Crippen LogP contribution in [-0.2, 0) is 11.3 Å². The first kappa shape index (κ1) is 24.6. The van der Waals surface area contributed by atoms with Crippen molar-refractivity contribution in [1.29, 1.82) is 0 Å². The van der Waals surface area contributed by atoms with Crippen molar-refractivity contribution in [3.05, 3.63) is 23.3 Å². The van der Waals surface area contributed by atoms with Crippen LogP contribution in [0.4, 0.5) is 0 Å². The average Bonchev–Trinajstić information content (AvgIpc) is 3.41. The molecule has 5 heteroatoms. The molecule has 4 aliphatic carbocycles. The lowest BCUT2D eigenvalue weighted by atomic mass is 9.42. The van der Waals surface area contributed by atoms with Gasteiger partial charge in [0.05, 0.1) is 11.1 Å². The number of fused-ring (bicyclic) bond motifs is 6. The van der Waals surface area contributed by atoms with Crippen molar-refractivity contribution in [2.24, 2.45) is 40.4 Å². The molecular formula is C31H45N3O2. The third-order valence-corrected chi connectivity index (χ3v) is 12.2. The van der Waals surface area contributed by atoms with E-state index in [4.69, 9.17) is 0 Å². The zero-order valence-electron chi connectivity index (χ0n) is 23.0. The number of benzene rings is 1. The molecule has 4 saturated carbocycles. The van der Waals surface area contributed by atoms with Gasteiger partial charge in [-0.1, -0.05) is 25.1 Å². The van der Waals surface area contributed by atoms with Gasteiger partial charge in [0.2, 0.25) is 0 Å². The van der Waals surface area contributed by atoms with E-state index in [9.17, 15) is 9.90 Å². The number of carbonyl (C=O) groups is 1. The van der Waals surface area contributed by atoms with Gasteiger partial charge in [-0.25, -0.2) is 4.68 Å². The smallest absolute Gasteiger partial charge is 0.157 e. The molecule has 4 fully saturated rings. The van der Waals surface area contributed by atoms with E-state index < -0.39 is 5.60 Å². The quantitative estimate of drug-likeness (QED) is 0.536. The molecule has 4 aliphatic rings. The number of carbonyl (C=O) groups excluding carboxylic acids is 1. The fourth-order valence-electron chi connectivity index (χ4n) is 10.2. The van der Waals surface area contributed by atoms with Crippen molar-refractivity contribution in [1.82, 2.24) is 15.0 Å². The Morgan fingerprint density at radius 3 is 2.64 bits per heavy atom. The summed E-state index contributed by atoms with van der Waals surface area (Å²) < 4.78 is 1.87. The topological polar surface area (TPSA) is 68.0 Å². The molecule has 0 aliphatic heterocycles.